The predicted molar refractivity (Wildman–Crippen MR) is 164 cm³/mol. The summed E-state index contributed by atoms with van der Waals surface area (Å²) >= 11 is 7.90. The normalized spacial score (nSPS) is 14.7. The van der Waals surface area contributed by atoms with E-state index in [0.29, 0.717) is 46.3 Å². The van der Waals surface area contributed by atoms with E-state index in [1.165, 1.54) is 17.3 Å². The summed E-state index contributed by atoms with van der Waals surface area (Å²) in [6, 6.07) is 25.9. The molecule has 208 valence electrons. The highest BCUT2D eigenvalue weighted by Gasteiger charge is 2.37. The van der Waals surface area contributed by atoms with Crippen LogP contribution >= 0.6 is 23.4 Å². The summed E-state index contributed by atoms with van der Waals surface area (Å²) in [4.78, 5) is 18.3. The smallest absolute Gasteiger partial charge is 0.338 e. The topological polar surface area (TPSA) is 74.0 Å². The van der Waals surface area contributed by atoms with Crippen LogP contribution < -0.4 is 5.32 Å². The summed E-state index contributed by atoms with van der Waals surface area (Å²) in [5.41, 5.74) is 5.49. The number of rotatable bonds is 9. The van der Waals surface area contributed by atoms with Gasteiger partial charge in [0, 0.05) is 45.7 Å². The Hall–Kier alpha value is -4.01. The highest BCUT2D eigenvalue weighted by Crippen LogP contribution is 2.40. The summed E-state index contributed by atoms with van der Waals surface area (Å²) in [5, 5.41) is 10.6. The van der Waals surface area contributed by atoms with E-state index in [1.54, 1.807) is 0 Å². The maximum absolute atomic E-state index is 13.5. The van der Waals surface area contributed by atoms with E-state index in [0.717, 1.165) is 28.5 Å². The van der Waals surface area contributed by atoms with Crippen molar-refractivity contribution in [2.24, 2.45) is 0 Å². The number of carbonyl (C=O) groups is 1. The lowest BCUT2D eigenvalue weighted by Gasteiger charge is -2.27. The van der Waals surface area contributed by atoms with Gasteiger partial charge in [0.05, 0.1) is 12.2 Å². The first kappa shape index (κ1) is 27.2. The lowest BCUT2D eigenvalue weighted by Crippen LogP contribution is -2.29. The lowest BCUT2D eigenvalue weighted by molar-refractivity contribution is -0.139. The van der Waals surface area contributed by atoms with Crippen LogP contribution in [-0.2, 0) is 21.8 Å². The van der Waals surface area contributed by atoms with Crippen LogP contribution in [0.5, 0.6) is 0 Å². The number of para-hydroxylation sites is 1. The third kappa shape index (κ3) is 5.49. The molecule has 5 aromatic rings. The van der Waals surface area contributed by atoms with Gasteiger partial charge in [-0.25, -0.2) is 9.48 Å². The van der Waals surface area contributed by atoms with Crippen molar-refractivity contribution >= 4 is 46.2 Å². The van der Waals surface area contributed by atoms with Crippen LogP contribution in [0.3, 0.4) is 0 Å². The fraction of sp³-hybridized carbons (Fsp3) is 0.219. The van der Waals surface area contributed by atoms with Crippen molar-refractivity contribution in [3.63, 3.8) is 0 Å². The second-order valence-electron chi connectivity index (χ2n) is 9.96. The molecule has 0 fully saturated rings. The van der Waals surface area contributed by atoms with Gasteiger partial charge in [-0.1, -0.05) is 97.0 Å². The van der Waals surface area contributed by atoms with Gasteiger partial charge >= 0.3 is 5.97 Å². The maximum atomic E-state index is 13.5. The lowest BCUT2D eigenvalue weighted by atomic mass is 9.95. The van der Waals surface area contributed by atoms with E-state index >= 15 is 0 Å². The molecule has 3 heterocycles. The summed E-state index contributed by atoms with van der Waals surface area (Å²) in [5.74, 6) is 0.858. The number of aromatic nitrogens is 4. The number of halogens is 1. The fourth-order valence-corrected chi connectivity index (χ4v) is 6.29. The Bertz CT molecular complexity index is 1740. The molecule has 0 amide bonds. The fourth-order valence-electron chi connectivity index (χ4n) is 5.18. The number of fused-ring (bicyclic) bond motifs is 2. The molecule has 41 heavy (non-hydrogen) atoms. The van der Waals surface area contributed by atoms with E-state index in [2.05, 4.69) is 40.3 Å². The summed E-state index contributed by atoms with van der Waals surface area (Å²) in [6.07, 6.45) is 2.88. The van der Waals surface area contributed by atoms with Gasteiger partial charge in [0.25, 0.3) is 0 Å². The molecule has 2 aromatic heterocycles. The molecule has 0 radical (unpaired) electrons. The van der Waals surface area contributed by atoms with E-state index in [-0.39, 0.29) is 5.97 Å². The highest BCUT2D eigenvalue weighted by molar-refractivity contribution is 7.98. The van der Waals surface area contributed by atoms with E-state index in [4.69, 9.17) is 26.4 Å². The quantitative estimate of drug-likeness (QED) is 0.143. The Morgan fingerprint density at radius 3 is 2.61 bits per heavy atom. The molecule has 3 aromatic carbocycles. The Morgan fingerprint density at radius 1 is 1.05 bits per heavy atom. The molecule has 9 heteroatoms. The first-order valence-electron chi connectivity index (χ1n) is 13.6. The summed E-state index contributed by atoms with van der Waals surface area (Å²) in [6.45, 7) is 4.93. The van der Waals surface area contributed by atoms with Gasteiger partial charge in [0.15, 0.2) is 0 Å². The molecule has 6 rings (SSSR count). The van der Waals surface area contributed by atoms with E-state index in [9.17, 15) is 4.79 Å². The van der Waals surface area contributed by atoms with Crippen LogP contribution in [0.15, 0.2) is 101 Å². The van der Waals surface area contributed by atoms with Gasteiger partial charge in [-0.15, -0.1) is 5.10 Å². The number of thioether (sulfide) groups is 1. The Kier molecular flexibility index (Phi) is 7.85. The number of allylic oxidation sites excluding steroid dienone is 1. The van der Waals surface area contributed by atoms with E-state index < -0.39 is 6.04 Å². The maximum Gasteiger partial charge on any atom is 0.338 e. The second-order valence-corrected chi connectivity index (χ2v) is 11.3. The molecule has 1 unspecified atom stereocenters. The van der Waals surface area contributed by atoms with Crippen molar-refractivity contribution in [3.05, 3.63) is 118 Å². The van der Waals surface area contributed by atoms with Crippen LogP contribution in [0.1, 0.15) is 43.0 Å². The first-order chi connectivity index (χ1) is 20.0. The molecule has 1 N–H and O–H groups in total. The van der Waals surface area contributed by atoms with Crippen LogP contribution in [0.2, 0.25) is 5.02 Å². The molecular weight excluding hydrogens is 554 g/mol. The average Bonchev–Trinajstić information content (AvgIpc) is 3.56. The standard InChI is InChI=1S/C32H30ClN5O2S/c1-3-17-40-30(39)28-21(2)34-31-35-32(41-20-23-13-7-9-15-26(23)33)36-38(31)29(28)25-19-37(18-22-11-5-4-6-12-22)27-16-10-8-14-24(25)27/h4-16,19,29H,3,17-18,20H2,1-2H3,(H,34,35,36). The molecule has 0 saturated heterocycles. The van der Waals surface area contributed by atoms with Gasteiger partial charge in [-0.3, -0.25) is 0 Å². The molecule has 1 aliphatic rings. The first-order valence-corrected chi connectivity index (χ1v) is 15.0. The van der Waals surface area contributed by atoms with Crippen LogP contribution in [-0.4, -0.2) is 31.9 Å². The molecule has 0 saturated carbocycles. The minimum Gasteiger partial charge on any atom is -0.462 e. The molecule has 1 aliphatic heterocycles. The molecule has 0 spiro atoms. The Balaban J connectivity index is 1.44. The number of carbonyl (C=O) groups excluding carboxylic acids is 1. The number of hydrogen-bond acceptors (Lipinski definition) is 6. The summed E-state index contributed by atoms with van der Waals surface area (Å²) in [7, 11) is 0. The molecule has 0 bridgehead atoms. The second kappa shape index (κ2) is 11.8. The minimum absolute atomic E-state index is 0.348. The summed E-state index contributed by atoms with van der Waals surface area (Å²) < 4.78 is 9.73. The monoisotopic (exact) mass is 583 g/mol. The largest absolute Gasteiger partial charge is 0.462 e. The van der Waals surface area contributed by atoms with Crippen molar-refractivity contribution in [3.8, 4) is 0 Å². The van der Waals surface area contributed by atoms with Crippen molar-refractivity contribution in [2.45, 2.75) is 43.8 Å². The van der Waals surface area contributed by atoms with Crippen LogP contribution in [0, 0.1) is 0 Å². The van der Waals surface area contributed by atoms with Crippen molar-refractivity contribution in [2.75, 3.05) is 11.9 Å². The third-order valence-corrected chi connectivity index (χ3v) is 8.37. The minimum atomic E-state index is -0.514. The van der Waals surface area contributed by atoms with Crippen molar-refractivity contribution < 1.29 is 9.53 Å². The van der Waals surface area contributed by atoms with Crippen molar-refractivity contribution in [1.29, 1.82) is 0 Å². The molecule has 0 aliphatic carbocycles. The zero-order valence-electron chi connectivity index (χ0n) is 22.9. The third-order valence-electron chi connectivity index (χ3n) is 7.11. The van der Waals surface area contributed by atoms with Gasteiger partial charge in [0.1, 0.15) is 6.04 Å². The van der Waals surface area contributed by atoms with Gasteiger partial charge in [-0.05, 0) is 36.6 Å². The number of nitrogens with zero attached hydrogens (tertiary/aromatic N) is 4. The molecule has 1 atom stereocenters. The number of esters is 1. The number of benzene rings is 3. The van der Waals surface area contributed by atoms with Gasteiger partial charge in [-0.2, -0.15) is 4.98 Å². The Labute approximate surface area is 248 Å². The van der Waals surface area contributed by atoms with Gasteiger partial charge < -0.3 is 14.6 Å². The molecule has 7 nitrogen and oxygen atoms in total. The number of nitrogens with one attached hydrogen (secondary N) is 1. The van der Waals surface area contributed by atoms with Gasteiger partial charge in [0.2, 0.25) is 11.1 Å². The predicted octanol–water partition coefficient (Wildman–Crippen LogP) is 7.47. The highest BCUT2D eigenvalue weighted by atomic mass is 35.5. The zero-order valence-corrected chi connectivity index (χ0v) is 24.5. The van der Waals surface area contributed by atoms with E-state index in [1.807, 2.05) is 73.1 Å². The van der Waals surface area contributed by atoms with Crippen LogP contribution in [0.25, 0.3) is 10.9 Å². The number of ether oxygens (including phenoxy) is 1. The SMILES string of the molecule is CCCOC(=O)C1=C(C)Nc2nc(SCc3ccccc3Cl)nn2C1c1cn(Cc2ccccc2)c2ccccc12. The zero-order chi connectivity index (χ0) is 28.3. The average molecular weight is 584 g/mol. The molecular formula is C32H30ClN5O2S. The number of hydrogen-bond donors (Lipinski definition) is 1. The number of anilines is 1. The van der Waals surface area contributed by atoms with Crippen LogP contribution in [0.4, 0.5) is 5.95 Å². The Morgan fingerprint density at radius 2 is 1.80 bits per heavy atom. The van der Waals surface area contributed by atoms with Crippen molar-refractivity contribution in [1.82, 2.24) is 19.3 Å².